The number of hydrogen-bond donors (Lipinski definition) is 2. The van der Waals surface area contributed by atoms with Crippen molar-refractivity contribution in [2.45, 2.75) is 0 Å². The van der Waals surface area contributed by atoms with E-state index in [0.29, 0.717) is 34.2 Å². The number of benzene rings is 1. The highest BCUT2D eigenvalue weighted by Gasteiger charge is 2.09. The fraction of sp³-hybridized carbons (Fsp3) is 0. The second kappa shape index (κ2) is 6.48. The zero-order valence-electron chi connectivity index (χ0n) is 13.3. The molecule has 0 aliphatic carbocycles. The number of carbonyl (C=O) groups excluding carboxylic acids is 1. The van der Waals surface area contributed by atoms with E-state index in [9.17, 15) is 4.79 Å². The molecule has 3 N–H and O–H groups in total. The number of nitrogens with zero attached hydrogens (tertiary/aromatic N) is 4. The summed E-state index contributed by atoms with van der Waals surface area (Å²) >= 11 is 0. The van der Waals surface area contributed by atoms with Crippen LogP contribution in [0.2, 0.25) is 0 Å². The smallest absolute Gasteiger partial charge is 0.267 e. The zero-order valence-corrected chi connectivity index (χ0v) is 13.3. The Labute approximate surface area is 146 Å². The molecule has 0 radical (unpaired) electrons. The van der Waals surface area contributed by atoms with E-state index in [0.717, 1.165) is 0 Å². The van der Waals surface area contributed by atoms with Gasteiger partial charge >= 0.3 is 0 Å². The van der Waals surface area contributed by atoms with Crippen molar-refractivity contribution in [1.82, 2.24) is 25.1 Å². The lowest BCUT2D eigenvalue weighted by molar-refractivity contribution is 0.0995. The van der Waals surface area contributed by atoms with Crippen LogP contribution < -0.4 is 15.2 Å². The van der Waals surface area contributed by atoms with Gasteiger partial charge in [0.1, 0.15) is 34.7 Å². The summed E-state index contributed by atoms with van der Waals surface area (Å²) in [5.74, 6) is 1.22. The van der Waals surface area contributed by atoms with Crippen molar-refractivity contribution < 1.29 is 14.3 Å². The molecule has 128 valence electrons. The largest absolute Gasteiger partial charge is 0.457 e. The molecule has 0 unspecified atom stereocenters. The van der Waals surface area contributed by atoms with Gasteiger partial charge in [-0.2, -0.15) is 5.10 Å². The third-order valence-electron chi connectivity index (χ3n) is 3.45. The molecule has 1 amide bonds. The fourth-order valence-electron chi connectivity index (χ4n) is 2.28. The predicted molar refractivity (Wildman–Crippen MR) is 91.0 cm³/mol. The number of carbonyl (C=O) groups is 1. The number of amides is 1. The summed E-state index contributed by atoms with van der Waals surface area (Å²) in [7, 11) is 0. The van der Waals surface area contributed by atoms with Crippen molar-refractivity contribution in [1.29, 1.82) is 0 Å². The summed E-state index contributed by atoms with van der Waals surface area (Å²) in [5.41, 5.74) is 5.93. The zero-order chi connectivity index (χ0) is 17.9. The molecule has 0 atom stereocenters. The van der Waals surface area contributed by atoms with E-state index in [2.05, 4.69) is 25.1 Å². The Morgan fingerprint density at radius 1 is 1.00 bits per heavy atom. The SMILES string of the molecule is NC(=O)c1cc(Oc2cccc(Oc3ncnc4[nH]ncc34)c2)ccn1. The van der Waals surface area contributed by atoms with Gasteiger partial charge in [0, 0.05) is 18.3 Å². The molecular formula is C17H12N6O3. The number of rotatable bonds is 5. The van der Waals surface area contributed by atoms with E-state index in [4.69, 9.17) is 15.2 Å². The maximum atomic E-state index is 11.2. The first kappa shape index (κ1) is 15.5. The second-order valence-electron chi connectivity index (χ2n) is 5.23. The van der Waals surface area contributed by atoms with Crippen LogP contribution in [0.4, 0.5) is 0 Å². The maximum Gasteiger partial charge on any atom is 0.267 e. The molecule has 0 saturated heterocycles. The van der Waals surface area contributed by atoms with Gasteiger partial charge in [-0.05, 0) is 18.2 Å². The van der Waals surface area contributed by atoms with Crippen molar-refractivity contribution in [2.75, 3.05) is 0 Å². The standard InChI is InChI=1S/C17H12N6O3/c18-15(24)14-7-12(4-5-19-14)25-10-2-1-3-11(6-10)26-17-13-8-22-23-16(13)20-9-21-17/h1-9H,(H2,18,24)(H,20,21,22,23). The number of ether oxygens (including phenoxy) is 2. The molecule has 4 rings (SSSR count). The summed E-state index contributed by atoms with van der Waals surface area (Å²) in [4.78, 5) is 23.3. The molecular weight excluding hydrogens is 336 g/mol. The van der Waals surface area contributed by atoms with E-state index in [-0.39, 0.29) is 5.69 Å². The minimum Gasteiger partial charge on any atom is -0.457 e. The molecule has 0 fully saturated rings. The summed E-state index contributed by atoms with van der Waals surface area (Å²) in [6.45, 7) is 0. The molecule has 9 nitrogen and oxygen atoms in total. The number of aromatic nitrogens is 5. The van der Waals surface area contributed by atoms with E-state index >= 15 is 0 Å². The number of fused-ring (bicyclic) bond motifs is 1. The molecule has 0 saturated carbocycles. The Hall–Kier alpha value is -4.01. The Morgan fingerprint density at radius 3 is 2.65 bits per heavy atom. The van der Waals surface area contributed by atoms with Gasteiger partial charge < -0.3 is 15.2 Å². The number of nitrogens with one attached hydrogen (secondary N) is 1. The Balaban J connectivity index is 1.58. The molecule has 3 heterocycles. The highest BCUT2D eigenvalue weighted by atomic mass is 16.5. The van der Waals surface area contributed by atoms with Gasteiger partial charge in [-0.15, -0.1) is 0 Å². The van der Waals surface area contributed by atoms with Crippen LogP contribution in [0.5, 0.6) is 23.1 Å². The normalized spacial score (nSPS) is 10.6. The fourth-order valence-corrected chi connectivity index (χ4v) is 2.28. The highest BCUT2D eigenvalue weighted by molar-refractivity contribution is 5.91. The van der Waals surface area contributed by atoms with E-state index in [1.807, 2.05) is 0 Å². The van der Waals surface area contributed by atoms with Gasteiger partial charge in [-0.1, -0.05) is 6.07 Å². The van der Waals surface area contributed by atoms with E-state index < -0.39 is 5.91 Å². The van der Waals surface area contributed by atoms with Crippen LogP contribution in [-0.2, 0) is 0 Å². The molecule has 0 bridgehead atoms. The lowest BCUT2D eigenvalue weighted by Gasteiger charge is -2.09. The molecule has 3 aromatic heterocycles. The van der Waals surface area contributed by atoms with Crippen molar-refractivity contribution >= 4 is 16.9 Å². The maximum absolute atomic E-state index is 11.2. The Morgan fingerprint density at radius 2 is 1.81 bits per heavy atom. The molecule has 1 aromatic carbocycles. The molecule has 0 spiro atoms. The van der Waals surface area contributed by atoms with Crippen LogP contribution in [0.25, 0.3) is 11.0 Å². The van der Waals surface area contributed by atoms with E-state index in [1.54, 1.807) is 36.5 Å². The van der Waals surface area contributed by atoms with Crippen LogP contribution in [-0.4, -0.2) is 31.1 Å². The number of primary amides is 1. The first-order valence-electron chi connectivity index (χ1n) is 7.55. The third-order valence-corrected chi connectivity index (χ3v) is 3.45. The van der Waals surface area contributed by atoms with Gasteiger partial charge in [-0.25, -0.2) is 9.97 Å². The van der Waals surface area contributed by atoms with Crippen molar-refractivity contribution in [2.24, 2.45) is 5.73 Å². The van der Waals surface area contributed by atoms with Gasteiger partial charge in [0.25, 0.3) is 5.91 Å². The number of aromatic amines is 1. The van der Waals surface area contributed by atoms with Gasteiger partial charge in [0.05, 0.1) is 6.20 Å². The number of hydrogen-bond acceptors (Lipinski definition) is 7. The Bertz CT molecular complexity index is 1090. The summed E-state index contributed by atoms with van der Waals surface area (Å²) < 4.78 is 11.6. The quantitative estimate of drug-likeness (QED) is 0.566. The number of H-pyrrole nitrogens is 1. The van der Waals surface area contributed by atoms with Crippen molar-refractivity contribution in [3.8, 4) is 23.1 Å². The molecule has 0 aliphatic heterocycles. The van der Waals surface area contributed by atoms with Gasteiger partial charge in [0.2, 0.25) is 5.88 Å². The predicted octanol–water partition coefficient (Wildman–Crippen LogP) is 2.43. The van der Waals surface area contributed by atoms with Crippen LogP contribution in [0, 0.1) is 0 Å². The molecule has 9 heteroatoms. The number of pyridine rings is 1. The average Bonchev–Trinajstić information content (AvgIpc) is 3.12. The lowest BCUT2D eigenvalue weighted by atomic mass is 10.3. The average molecular weight is 348 g/mol. The minimum absolute atomic E-state index is 0.123. The minimum atomic E-state index is -0.625. The van der Waals surface area contributed by atoms with Crippen LogP contribution in [0.1, 0.15) is 10.5 Å². The molecule has 4 aromatic rings. The summed E-state index contributed by atoms with van der Waals surface area (Å²) in [6.07, 6.45) is 4.43. The summed E-state index contributed by atoms with van der Waals surface area (Å²) in [5, 5.41) is 7.34. The Kier molecular flexibility index (Phi) is 3.86. The molecule has 0 aliphatic rings. The van der Waals surface area contributed by atoms with Crippen molar-refractivity contribution in [3.05, 3.63) is 60.8 Å². The van der Waals surface area contributed by atoms with Crippen molar-refractivity contribution in [3.63, 3.8) is 0 Å². The third kappa shape index (κ3) is 3.13. The summed E-state index contributed by atoms with van der Waals surface area (Å²) in [6, 6.07) is 10.1. The van der Waals surface area contributed by atoms with Crippen LogP contribution >= 0.6 is 0 Å². The van der Waals surface area contributed by atoms with Gasteiger partial charge in [-0.3, -0.25) is 14.9 Å². The highest BCUT2D eigenvalue weighted by Crippen LogP contribution is 2.29. The first-order valence-corrected chi connectivity index (χ1v) is 7.55. The lowest BCUT2D eigenvalue weighted by Crippen LogP contribution is -2.12. The topological polar surface area (TPSA) is 129 Å². The van der Waals surface area contributed by atoms with Crippen LogP contribution in [0.3, 0.4) is 0 Å². The first-order chi connectivity index (χ1) is 12.7. The second-order valence-corrected chi connectivity index (χ2v) is 5.23. The van der Waals surface area contributed by atoms with Gasteiger partial charge in [0.15, 0.2) is 5.65 Å². The van der Waals surface area contributed by atoms with Crippen LogP contribution in [0.15, 0.2) is 55.1 Å². The molecule has 26 heavy (non-hydrogen) atoms. The monoisotopic (exact) mass is 348 g/mol. The number of nitrogens with two attached hydrogens (primary N) is 1. The van der Waals surface area contributed by atoms with E-state index in [1.165, 1.54) is 18.6 Å².